The molecule has 1 saturated heterocycles. The third-order valence-electron chi connectivity index (χ3n) is 3.57. The molecule has 2 rings (SSSR count). The zero-order valence-electron chi connectivity index (χ0n) is 12.1. The van der Waals surface area contributed by atoms with Gasteiger partial charge in [-0.1, -0.05) is 6.92 Å². The summed E-state index contributed by atoms with van der Waals surface area (Å²) in [5.41, 5.74) is 0.273. The van der Waals surface area contributed by atoms with Gasteiger partial charge in [0.05, 0.1) is 11.5 Å². The van der Waals surface area contributed by atoms with Crippen LogP contribution in [0.5, 0.6) is 0 Å². The van der Waals surface area contributed by atoms with Crippen molar-refractivity contribution in [3.8, 4) is 0 Å². The number of nitrogens with one attached hydrogen (secondary N) is 1. The number of carboxylic acid groups (broad SMARTS) is 1. The molecule has 7 heteroatoms. The number of halogens is 1. The molecule has 1 aliphatic heterocycles. The molecule has 2 N–H and O–H groups in total. The van der Waals surface area contributed by atoms with Crippen molar-refractivity contribution in [2.45, 2.75) is 19.8 Å². The SMILES string of the molecule is CC(CNC(=O)c1cc(N2CCCC2=O)ccc1F)C(=O)O. The predicted molar refractivity (Wildman–Crippen MR) is 77.1 cm³/mol. The van der Waals surface area contributed by atoms with E-state index in [1.807, 2.05) is 0 Å². The van der Waals surface area contributed by atoms with E-state index in [1.54, 1.807) is 0 Å². The van der Waals surface area contributed by atoms with Crippen molar-refractivity contribution in [1.82, 2.24) is 5.32 Å². The van der Waals surface area contributed by atoms with E-state index in [4.69, 9.17) is 5.11 Å². The van der Waals surface area contributed by atoms with Crippen molar-refractivity contribution in [2.75, 3.05) is 18.0 Å². The fourth-order valence-corrected chi connectivity index (χ4v) is 2.20. The molecule has 1 unspecified atom stereocenters. The summed E-state index contributed by atoms with van der Waals surface area (Å²) < 4.78 is 13.8. The maximum Gasteiger partial charge on any atom is 0.308 e. The highest BCUT2D eigenvalue weighted by Crippen LogP contribution is 2.23. The summed E-state index contributed by atoms with van der Waals surface area (Å²) in [5.74, 6) is -3.28. The first-order valence-corrected chi connectivity index (χ1v) is 7.01. The lowest BCUT2D eigenvalue weighted by Crippen LogP contribution is -2.32. The van der Waals surface area contributed by atoms with Gasteiger partial charge in [-0.15, -0.1) is 0 Å². The van der Waals surface area contributed by atoms with Crippen LogP contribution in [0.1, 0.15) is 30.1 Å². The molecule has 1 fully saturated rings. The molecule has 0 spiro atoms. The molecule has 2 amide bonds. The molecule has 1 aromatic carbocycles. The number of anilines is 1. The lowest BCUT2D eigenvalue weighted by molar-refractivity contribution is -0.140. The van der Waals surface area contributed by atoms with Gasteiger partial charge in [-0.2, -0.15) is 0 Å². The number of benzene rings is 1. The van der Waals surface area contributed by atoms with Gasteiger partial charge < -0.3 is 15.3 Å². The van der Waals surface area contributed by atoms with Crippen molar-refractivity contribution in [2.24, 2.45) is 5.92 Å². The van der Waals surface area contributed by atoms with Gasteiger partial charge in [-0.05, 0) is 24.6 Å². The van der Waals surface area contributed by atoms with Crippen molar-refractivity contribution in [1.29, 1.82) is 0 Å². The van der Waals surface area contributed by atoms with Crippen molar-refractivity contribution < 1.29 is 23.9 Å². The van der Waals surface area contributed by atoms with Gasteiger partial charge in [-0.3, -0.25) is 14.4 Å². The highest BCUT2D eigenvalue weighted by Gasteiger charge is 2.24. The lowest BCUT2D eigenvalue weighted by Gasteiger charge is -2.17. The third-order valence-corrected chi connectivity index (χ3v) is 3.57. The zero-order chi connectivity index (χ0) is 16.3. The van der Waals surface area contributed by atoms with Crippen LogP contribution < -0.4 is 10.2 Å². The maximum atomic E-state index is 13.8. The van der Waals surface area contributed by atoms with Gasteiger partial charge in [0.2, 0.25) is 5.91 Å². The Morgan fingerprint density at radius 2 is 2.18 bits per heavy atom. The fourth-order valence-electron chi connectivity index (χ4n) is 2.20. The summed E-state index contributed by atoms with van der Waals surface area (Å²) in [6, 6.07) is 3.91. The Morgan fingerprint density at radius 1 is 1.45 bits per heavy atom. The quantitative estimate of drug-likeness (QED) is 0.861. The van der Waals surface area contributed by atoms with Crippen LogP contribution in [0.3, 0.4) is 0 Å². The van der Waals surface area contributed by atoms with Crippen molar-refractivity contribution in [3.05, 3.63) is 29.6 Å². The second-order valence-corrected chi connectivity index (χ2v) is 5.26. The molecule has 0 bridgehead atoms. The van der Waals surface area contributed by atoms with Crippen LogP contribution in [-0.4, -0.2) is 36.0 Å². The molecule has 1 heterocycles. The molecule has 0 saturated carbocycles. The molecular weight excluding hydrogens is 291 g/mol. The van der Waals surface area contributed by atoms with Gasteiger partial charge in [0.25, 0.3) is 5.91 Å². The molecular formula is C15H17FN2O4. The first kappa shape index (κ1) is 15.9. The van der Waals surface area contributed by atoms with Crippen LogP contribution in [0.4, 0.5) is 10.1 Å². The number of rotatable bonds is 5. The van der Waals surface area contributed by atoms with E-state index in [-0.39, 0.29) is 18.0 Å². The second-order valence-electron chi connectivity index (χ2n) is 5.26. The van der Waals surface area contributed by atoms with E-state index in [0.29, 0.717) is 18.7 Å². The number of amides is 2. The molecule has 1 aromatic rings. The Morgan fingerprint density at radius 3 is 2.77 bits per heavy atom. The van der Waals surface area contributed by atoms with E-state index in [2.05, 4.69) is 5.32 Å². The molecule has 1 atom stereocenters. The molecule has 6 nitrogen and oxygen atoms in total. The van der Waals surface area contributed by atoms with Crippen LogP contribution in [0, 0.1) is 11.7 Å². The summed E-state index contributed by atoms with van der Waals surface area (Å²) >= 11 is 0. The minimum absolute atomic E-state index is 0.0579. The van der Waals surface area contributed by atoms with Gasteiger partial charge in [-0.25, -0.2) is 4.39 Å². The molecule has 0 aromatic heterocycles. The Kier molecular flexibility index (Phi) is 4.75. The summed E-state index contributed by atoms with van der Waals surface area (Å²) in [6.07, 6.45) is 1.17. The second kappa shape index (κ2) is 6.55. The third kappa shape index (κ3) is 3.41. The van der Waals surface area contributed by atoms with Crippen LogP contribution in [-0.2, 0) is 9.59 Å². The number of hydrogen-bond acceptors (Lipinski definition) is 3. The smallest absolute Gasteiger partial charge is 0.308 e. The summed E-state index contributed by atoms with van der Waals surface area (Å²) in [4.78, 5) is 35.9. The van der Waals surface area contributed by atoms with Crippen LogP contribution in [0.15, 0.2) is 18.2 Å². The topological polar surface area (TPSA) is 86.7 Å². The minimum atomic E-state index is -1.04. The Labute approximate surface area is 126 Å². The average Bonchev–Trinajstić information content (AvgIpc) is 2.91. The Balaban J connectivity index is 2.14. The van der Waals surface area contributed by atoms with Gasteiger partial charge in [0, 0.05) is 25.2 Å². The lowest BCUT2D eigenvalue weighted by atomic mass is 10.1. The molecule has 0 aliphatic carbocycles. The number of carbonyl (C=O) groups excluding carboxylic acids is 2. The van der Waals surface area contributed by atoms with E-state index >= 15 is 0 Å². The van der Waals surface area contributed by atoms with Gasteiger partial charge in [0.15, 0.2) is 0 Å². The van der Waals surface area contributed by atoms with Crippen LogP contribution >= 0.6 is 0 Å². The van der Waals surface area contributed by atoms with Gasteiger partial charge in [0.1, 0.15) is 5.82 Å². The highest BCUT2D eigenvalue weighted by atomic mass is 19.1. The highest BCUT2D eigenvalue weighted by molar-refractivity contribution is 5.99. The zero-order valence-corrected chi connectivity index (χ0v) is 12.1. The van der Waals surface area contributed by atoms with E-state index < -0.39 is 23.6 Å². The first-order valence-electron chi connectivity index (χ1n) is 7.01. The number of nitrogens with zero attached hydrogens (tertiary/aromatic N) is 1. The normalized spacial score (nSPS) is 15.7. The van der Waals surface area contributed by atoms with E-state index in [0.717, 1.165) is 12.5 Å². The minimum Gasteiger partial charge on any atom is -0.481 e. The molecule has 1 aliphatic rings. The van der Waals surface area contributed by atoms with E-state index in [1.165, 1.54) is 24.0 Å². The Hall–Kier alpha value is -2.44. The number of carbonyl (C=O) groups is 3. The fraction of sp³-hybridized carbons (Fsp3) is 0.400. The molecule has 0 radical (unpaired) electrons. The summed E-state index contributed by atoms with van der Waals surface area (Å²) in [7, 11) is 0. The number of carboxylic acids is 1. The van der Waals surface area contributed by atoms with Crippen LogP contribution in [0.2, 0.25) is 0 Å². The van der Waals surface area contributed by atoms with Gasteiger partial charge >= 0.3 is 5.97 Å². The molecule has 118 valence electrons. The largest absolute Gasteiger partial charge is 0.481 e. The van der Waals surface area contributed by atoms with Crippen molar-refractivity contribution in [3.63, 3.8) is 0 Å². The maximum absolute atomic E-state index is 13.8. The summed E-state index contributed by atoms with van der Waals surface area (Å²) in [5, 5.41) is 11.2. The molecule has 22 heavy (non-hydrogen) atoms. The number of aliphatic carboxylic acids is 1. The summed E-state index contributed by atoms with van der Waals surface area (Å²) in [6.45, 7) is 1.89. The Bertz CT molecular complexity index is 618. The first-order chi connectivity index (χ1) is 10.4. The van der Waals surface area contributed by atoms with Crippen LogP contribution in [0.25, 0.3) is 0 Å². The monoisotopic (exact) mass is 308 g/mol. The van der Waals surface area contributed by atoms with E-state index in [9.17, 15) is 18.8 Å². The number of hydrogen-bond donors (Lipinski definition) is 2. The standard InChI is InChI=1S/C15H17FN2O4/c1-9(15(21)22)8-17-14(20)11-7-10(4-5-12(11)16)18-6-2-3-13(18)19/h4-5,7,9H,2-3,6,8H2,1H3,(H,17,20)(H,21,22). The van der Waals surface area contributed by atoms with Crippen molar-refractivity contribution >= 4 is 23.5 Å². The predicted octanol–water partition coefficient (Wildman–Crippen LogP) is 1.40. The average molecular weight is 308 g/mol.